The van der Waals surface area contributed by atoms with Gasteiger partial charge in [0.25, 0.3) is 0 Å². The second-order valence-electron chi connectivity index (χ2n) is 5.92. The first-order chi connectivity index (χ1) is 9.88. The van der Waals surface area contributed by atoms with Crippen molar-refractivity contribution in [1.82, 2.24) is 0 Å². The number of halogens is 1. The van der Waals surface area contributed by atoms with E-state index in [9.17, 15) is 4.79 Å². The Kier molecular flexibility index (Phi) is 4.69. The second-order valence-corrected chi connectivity index (χ2v) is 6.35. The molecule has 21 heavy (non-hydrogen) atoms. The highest BCUT2D eigenvalue weighted by atomic mass is 35.5. The van der Waals surface area contributed by atoms with Crippen LogP contribution in [0.25, 0.3) is 0 Å². The molecule has 0 atom stereocenters. The largest absolute Gasteiger partial charge is 0.323 e. The van der Waals surface area contributed by atoms with Crippen LogP contribution in [-0.4, -0.2) is 5.91 Å². The number of allylic oxidation sites excluding steroid dienone is 5. The molecule has 1 aromatic rings. The summed E-state index contributed by atoms with van der Waals surface area (Å²) >= 11 is 5.82. The molecule has 1 aromatic carbocycles. The lowest BCUT2D eigenvalue weighted by molar-refractivity contribution is -0.111. The minimum atomic E-state index is -0.136. The summed E-state index contributed by atoms with van der Waals surface area (Å²) in [4.78, 5) is 12.0. The van der Waals surface area contributed by atoms with Crippen molar-refractivity contribution in [2.24, 2.45) is 5.41 Å². The molecular formula is C18H20ClNO. The summed E-state index contributed by atoms with van der Waals surface area (Å²) in [6.45, 7) is 6.46. The Morgan fingerprint density at radius 2 is 1.95 bits per heavy atom. The van der Waals surface area contributed by atoms with E-state index < -0.39 is 0 Å². The van der Waals surface area contributed by atoms with E-state index in [0.29, 0.717) is 5.02 Å². The number of rotatable bonds is 3. The molecule has 0 aliphatic heterocycles. The average Bonchev–Trinajstić information content (AvgIpc) is 2.40. The fraction of sp³-hybridized carbons (Fsp3) is 0.278. The van der Waals surface area contributed by atoms with Crippen molar-refractivity contribution < 1.29 is 4.79 Å². The molecule has 1 aliphatic carbocycles. The maximum atomic E-state index is 12.0. The van der Waals surface area contributed by atoms with Crippen molar-refractivity contribution in [2.75, 3.05) is 5.32 Å². The Bertz CT molecular complexity index is 621. The lowest BCUT2D eigenvalue weighted by Gasteiger charge is -2.29. The van der Waals surface area contributed by atoms with Gasteiger partial charge in [0.1, 0.15) is 0 Å². The third-order valence-electron chi connectivity index (χ3n) is 3.66. The topological polar surface area (TPSA) is 29.1 Å². The molecule has 0 aromatic heterocycles. The van der Waals surface area contributed by atoms with E-state index in [0.717, 1.165) is 12.1 Å². The molecule has 2 nitrogen and oxygen atoms in total. The first-order valence-electron chi connectivity index (χ1n) is 7.01. The summed E-state index contributed by atoms with van der Waals surface area (Å²) < 4.78 is 0. The lowest BCUT2D eigenvalue weighted by Crippen LogP contribution is -2.17. The molecule has 0 spiro atoms. The Labute approximate surface area is 131 Å². The van der Waals surface area contributed by atoms with E-state index in [1.807, 2.05) is 6.08 Å². The van der Waals surface area contributed by atoms with Crippen molar-refractivity contribution in [3.63, 3.8) is 0 Å². The van der Waals surface area contributed by atoms with Crippen molar-refractivity contribution in [3.05, 3.63) is 64.7 Å². The highest BCUT2D eigenvalue weighted by Crippen LogP contribution is 2.37. The van der Waals surface area contributed by atoms with Gasteiger partial charge in [0.15, 0.2) is 0 Å². The van der Waals surface area contributed by atoms with Crippen LogP contribution in [0.1, 0.15) is 27.2 Å². The summed E-state index contributed by atoms with van der Waals surface area (Å²) in [6.07, 6.45) is 8.80. The Balaban J connectivity index is 2.08. The minimum Gasteiger partial charge on any atom is -0.323 e. The fourth-order valence-electron chi connectivity index (χ4n) is 2.50. The van der Waals surface area contributed by atoms with E-state index in [-0.39, 0.29) is 11.3 Å². The fourth-order valence-corrected chi connectivity index (χ4v) is 2.62. The van der Waals surface area contributed by atoms with E-state index in [4.69, 9.17) is 11.6 Å². The number of hydrogen-bond donors (Lipinski definition) is 1. The summed E-state index contributed by atoms with van der Waals surface area (Å²) in [5.41, 5.74) is 3.22. The molecule has 2 rings (SSSR count). The summed E-state index contributed by atoms with van der Waals surface area (Å²) in [5, 5.41) is 3.48. The predicted molar refractivity (Wildman–Crippen MR) is 89.5 cm³/mol. The van der Waals surface area contributed by atoms with Crippen LogP contribution in [0.5, 0.6) is 0 Å². The molecule has 0 saturated heterocycles. The van der Waals surface area contributed by atoms with Crippen LogP contribution >= 0.6 is 11.6 Å². The van der Waals surface area contributed by atoms with Crippen LogP contribution in [0.4, 0.5) is 5.69 Å². The third kappa shape index (κ3) is 4.08. The summed E-state index contributed by atoms with van der Waals surface area (Å²) in [6, 6.07) is 7.07. The van der Waals surface area contributed by atoms with E-state index >= 15 is 0 Å². The Morgan fingerprint density at radius 1 is 1.29 bits per heavy atom. The first-order valence-corrected chi connectivity index (χ1v) is 7.39. The molecule has 1 aliphatic rings. The van der Waals surface area contributed by atoms with Gasteiger partial charge in [0, 0.05) is 16.8 Å². The Morgan fingerprint density at radius 3 is 2.57 bits per heavy atom. The summed E-state index contributed by atoms with van der Waals surface area (Å²) in [7, 11) is 0. The second kappa shape index (κ2) is 6.31. The maximum Gasteiger partial charge on any atom is 0.248 e. The number of carbonyl (C=O) groups excluding carboxylic acids is 1. The van der Waals surface area contributed by atoms with Gasteiger partial charge in [-0.15, -0.1) is 0 Å². The molecule has 0 fully saturated rings. The number of carbonyl (C=O) groups is 1. The van der Waals surface area contributed by atoms with Gasteiger partial charge in [-0.1, -0.05) is 43.7 Å². The van der Waals surface area contributed by atoms with E-state index in [1.165, 1.54) is 11.1 Å². The zero-order valence-electron chi connectivity index (χ0n) is 12.6. The third-order valence-corrected chi connectivity index (χ3v) is 3.92. The van der Waals surface area contributed by atoms with Crippen molar-refractivity contribution >= 4 is 23.2 Å². The highest BCUT2D eigenvalue weighted by Gasteiger charge is 2.24. The van der Waals surface area contributed by atoms with Gasteiger partial charge in [-0.05, 0) is 54.2 Å². The van der Waals surface area contributed by atoms with Crippen molar-refractivity contribution in [3.8, 4) is 0 Å². The van der Waals surface area contributed by atoms with Gasteiger partial charge >= 0.3 is 0 Å². The molecule has 0 radical (unpaired) electrons. The van der Waals surface area contributed by atoms with Crippen LogP contribution in [-0.2, 0) is 4.79 Å². The zero-order chi connectivity index (χ0) is 15.5. The summed E-state index contributed by atoms with van der Waals surface area (Å²) in [5.74, 6) is -0.136. The van der Waals surface area contributed by atoms with Crippen LogP contribution in [0.15, 0.2) is 59.7 Å². The van der Waals surface area contributed by atoms with Crippen LogP contribution in [0.2, 0.25) is 5.02 Å². The van der Waals surface area contributed by atoms with Crippen molar-refractivity contribution in [1.29, 1.82) is 0 Å². The molecule has 3 heteroatoms. The normalized spacial score (nSPS) is 17.3. The number of hydrogen-bond acceptors (Lipinski definition) is 1. The molecule has 1 N–H and O–H groups in total. The highest BCUT2D eigenvalue weighted by molar-refractivity contribution is 6.30. The van der Waals surface area contributed by atoms with Crippen LogP contribution < -0.4 is 5.32 Å². The minimum absolute atomic E-state index is 0.0654. The number of amides is 1. The molecule has 0 bridgehead atoms. The molecule has 110 valence electrons. The zero-order valence-corrected chi connectivity index (χ0v) is 13.4. The monoisotopic (exact) mass is 301 g/mol. The lowest BCUT2D eigenvalue weighted by atomic mass is 9.75. The standard InChI is InChI=1S/C18H20ClNO/c1-13-5-4-12-18(2,3)16(13)10-11-17(21)20-15-8-6-14(19)7-9-15/h4-11H,12H2,1-3H3,(H,20,21)/b11-10+. The van der Waals surface area contributed by atoms with E-state index in [1.54, 1.807) is 30.3 Å². The molecular weight excluding hydrogens is 282 g/mol. The SMILES string of the molecule is CC1=C(/C=C/C(=O)Nc2ccc(Cl)cc2)C(C)(C)CC=C1. The number of anilines is 1. The predicted octanol–water partition coefficient (Wildman–Crippen LogP) is 5.14. The van der Waals surface area contributed by atoms with Gasteiger partial charge in [-0.3, -0.25) is 4.79 Å². The van der Waals surface area contributed by atoms with Crippen molar-refractivity contribution in [2.45, 2.75) is 27.2 Å². The first kappa shape index (κ1) is 15.6. The van der Waals surface area contributed by atoms with Gasteiger partial charge in [-0.25, -0.2) is 0 Å². The maximum absolute atomic E-state index is 12.0. The smallest absolute Gasteiger partial charge is 0.248 e. The van der Waals surface area contributed by atoms with Crippen LogP contribution in [0.3, 0.4) is 0 Å². The molecule has 0 heterocycles. The van der Waals surface area contributed by atoms with Crippen LogP contribution in [0, 0.1) is 5.41 Å². The molecule has 0 saturated carbocycles. The number of nitrogens with one attached hydrogen (secondary N) is 1. The van der Waals surface area contributed by atoms with E-state index in [2.05, 4.69) is 38.2 Å². The Hall–Kier alpha value is -1.80. The van der Waals surface area contributed by atoms with Gasteiger partial charge in [-0.2, -0.15) is 0 Å². The average molecular weight is 302 g/mol. The van der Waals surface area contributed by atoms with Gasteiger partial charge < -0.3 is 5.32 Å². The van der Waals surface area contributed by atoms with Gasteiger partial charge in [0.05, 0.1) is 0 Å². The molecule has 1 amide bonds. The number of benzene rings is 1. The van der Waals surface area contributed by atoms with Gasteiger partial charge in [0.2, 0.25) is 5.91 Å². The molecule has 0 unspecified atom stereocenters. The quantitative estimate of drug-likeness (QED) is 0.770.